The molecule has 0 spiro atoms. The Hall–Kier alpha value is -1.47. The maximum absolute atomic E-state index is 8.34. The van der Waals surface area contributed by atoms with E-state index in [4.69, 9.17) is 5.26 Å². The Morgan fingerprint density at radius 1 is 1.41 bits per heavy atom. The van der Waals surface area contributed by atoms with Crippen molar-refractivity contribution in [3.63, 3.8) is 0 Å². The van der Waals surface area contributed by atoms with Crippen molar-refractivity contribution < 1.29 is 0 Å². The Morgan fingerprint density at radius 3 is 2.35 bits per heavy atom. The Balaban J connectivity index is 0.000000325. The largest absolute Gasteiger partial charge is 0.264 e. The third kappa shape index (κ3) is 8.35. The predicted molar refractivity (Wildman–Crippen MR) is 76.9 cm³/mol. The van der Waals surface area contributed by atoms with Crippen LogP contribution in [-0.4, -0.2) is 18.0 Å². The zero-order chi connectivity index (χ0) is 13.1. The van der Waals surface area contributed by atoms with Gasteiger partial charge in [-0.05, 0) is 35.3 Å². The molecule has 0 atom stereocenters. The van der Waals surface area contributed by atoms with Crippen LogP contribution in [-0.2, 0) is 6.42 Å². The molecular weight excluding hydrogens is 278 g/mol. The molecule has 0 aromatic heterocycles. The SMILES string of the molecule is C/C=N\C(Br)=NC.Cc1ccc(CC#N)cc1. The molecule has 1 rings (SSSR count). The number of amidine groups is 1. The summed E-state index contributed by atoms with van der Waals surface area (Å²) in [5.74, 6) is 0. The fourth-order valence-electron chi connectivity index (χ4n) is 0.961. The van der Waals surface area contributed by atoms with Gasteiger partial charge in [-0.3, -0.25) is 4.99 Å². The van der Waals surface area contributed by atoms with Crippen molar-refractivity contribution in [1.82, 2.24) is 0 Å². The topological polar surface area (TPSA) is 48.5 Å². The maximum atomic E-state index is 8.34. The minimum atomic E-state index is 0.514. The van der Waals surface area contributed by atoms with Crippen LogP contribution in [0, 0.1) is 18.3 Å². The first kappa shape index (κ1) is 15.5. The quantitative estimate of drug-likeness (QED) is 0.444. The van der Waals surface area contributed by atoms with Gasteiger partial charge < -0.3 is 0 Å². The summed E-state index contributed by atoms with van der Waals surface area (Å²) in [6, 6.07) is 10.1. The molecule has 0 saturated heterocycles. The molecule has 0 heterocycles. The average Bonchev–Trinajstić information content (AvgIpc) is 2.33. The van der Waals surface area contributed by atoms with Crippen molar-refractivity contribution in [2.24, 2.45) is 9.98 Å². The van der Waals surface area contributed by atoms with E-state index >= 15 is 0 Å². The molecule has 17 heavy (non-hydrogen) atoms. The molecule has 0 N–H and O–H groups in total. The molecule has 90 valence electrons. The van der Waals surface area contributed by atoms with Gasteiger partial charge in [0.15, 0.2) is 4.74 Å². The second-order valence-electron chi connectivity index (χ2n) is 3.20. The lowest BCUT2D eigenvalue weighted by Crippen LogP contribution is -1.79. The molecule has 1 aromatic rings. The normalized spacial score (nSPS) is 10.6. The first-order chi connectivity index (χ1) is 8.13. The first-order valence-electron chi connectivity index (χ1n) is 5.17. The number of aryl methyl sites for hydroxylation is 1. The van der Waals surface area contributed by atoms with Gasteiger partial charge in [0.05, 0.1) is 12.5 Å². The van der Waals surface area contributed by atoms with Crippen molar-refractivity contribution in [3.8, 4) is 6.07 Å². The molecule has 0 amide bonds. The lowest BCUT2D eigenvalue weighted by atomic mass is 10.1. The minimum absolute atomic E-state index is 0.514. The number of hydrogen-bond acceptors (Lipinski definition) is 2. The van der Waals surface area contributed by atoms with E-state index in [0.29, 0.717) is 11.2 Å². The number of benzene rings is 1. The van der Waals surface area contributed by atoms with Gasteiger partial charge in [0.25, 0.3) is 0 Å². The van der Waals surface area contributed by atoms with Gasteiger partial charge >= 0.3 is 0 Å². The Morgan fingerprint density at radius 2 is 2.00 bits per heavy atom. The molecule has 3 nitrogen and oxygen atoms in total. The fourth-order valence-corrected chi connectivity index (χ4v) is 1.17. The molecule has 0 fully saturated rings. The highest BCUT2D eigenvalue weighted by molar-refractivity contribution is 9.18. The lowest BCUT2D eigenvalue weighted by Gasteiger charge is -1.93. The Bertz CT molecular complexity index is 413. The van der Waals surface area contributed by atoms with Crippen LogP contribution >= 0.6 is 15.9 Å². The molecule has 4 heteroatoms. The third-order valence-corrected chi connectivity index (χ3v) is 2.38. The number of aliphatic imine (C=N–C) groups is 2. The van der Waals surface area contributed by atoms with Crippen LogP contribution < -0.4 is 0 Å². The summed E-state index contributed by atoms with van der Waals surface area (Å²) < 4.78 is 0.634. The number of halogens is 1. The molecule has 0 unspecified atom stereocenters. The van der Waals surface area contributed by atoms with E-state index in [1.807, 2.05) is 38.1 Å². The molecule has 0 bridgehead atoms. The number of nitrogens with zero attached hydrogens (tertiary/aromatic N) is 3. The average molecular weight is 294 g/mol. The molecule has 0 aliphatic carbocycles. The Kier molecular flexibility index (Phi) is 8.89. The van der Waals surface area contributed by atoms with Crippen molar-refractivity contribution >= 4 is 26.9 Å². The predicted octanol–water partition coefficient (Wildman–Crippen LogP) is 3.52. The van der Waals surface area contributed by atoms with Gasteiger partial charge in [0, 0.05) is 13.3 Å². The summed E-state index contributed by atoms with van der Waals surface area (Å²) in [6.45, 7) is 3.88. The summed E-state index contributed by atoms with van der Waals surface area (Å²) in [5.41, 5.74) is 2.33. The third-order valence-electron chi connectivity index (χ3n) is 1.82. The van der Waals surface area contributed by atoms with Gasteiger partial charge in [0.2, 0.25) is 0 Å². The van der Waals surface area contributed by atoms with Crippen LogP contribution in [0.1, 0.15) is 18.1 Å². The smallest absolute Gasteiger partial charge is 0.191 e. The summed E-state index contributed by atoms with van der Waals surface area (Å²) in [6.07, 6.45) is 2.19. The van der Waals surface area contributed by atoms with Gasteiger partial charge in [-0.2, -0.15) is 5.26 Å². The van der Waals surface area contributed by atoms with Crippen LogP contribution in [0.25, 0.3) is 0 Å². The van der Waals surface area contributed by atoms with Crippen molar-refractivity contribution in [2.75, 3.05) is 7.05 Å². The van der Waals surface area contributed by atoms with Crippen molar-refractivity contribution in [2.45, 2.75) is 20.3 Å². The molecule has 0 radical (unpaired) electrons. The van der Waals surface area contributed by atoms with E-state index in [2.05, 4.69) is 32.0 Å². The van der Waals surface area contributed by atoms with Crippen LogP contribution in [0.3, 0.4) is 0 Å². The summed E-state index contributed by atoms with van der Waals surface area (Å²) in [4.78, 5) is 7.50. The van der Waals surface area contributed by atoms with Gasteiger partial charge in [-0.25, -0.2) is 4.99 Å². The highest BCUT2D eigenvalue weighted by Gasteiger charge is 1.88. The summed E-state index contributed by atoms with van der Waals surface area (Å²) >= 11 is 3.09. The van der Waals surface area contributed by atoms with E-state index in [1.165, 1.54) is 5.56 Å². The standard InChI is InChI=1S/C9H9N.C4H7BrN2/c1-8-2-4-9(5-3-8)6-7-10;1-3-7-4(5)6-2/h2-5H,6H2,1H3;3H,1-2H3/b;6-4?,7-3-. The van der Waals surface area contributed by atoms with Gasteiger partial charge in [-0.15, -0.1) is 0 Å². The summed E-state index contributed by atoms with van der Waals surface area (Å²) in [5, 5.41) is 8.34. The molecule has 0 saturated carbocycles. The van der Waals surface area contributed by atoms with Gasteiger partial charge in [-0.1, -0.05) is 29.8 Å². The van der Waals surface area contributed by atoms with E-state index in [-0.39, 0.29) is 0 Å². The fraction of sp³-hybridized carbons (Fsp3) is 0.308. The van der Waals surface area contributed by atoms with Crippen LogP contribution in [0.2, 0.25) is 0 Å². The monoisotopic (exact) mass is 293 g/mol. The van der Waals surface area contributed by atoms with E-state index in [9.17, 15) is 0 Å². The molecule has 1 aromatic carbocycles. The highest BCUT2D eigenvalue weighted by atomic mass is 79.9. The van der Waals surface area contributed by atoms with E-state index in [0.717, 1.165) is 5.56 Å². The number of hydrogen-bond donors (Lipinski definition) is 0. The highest BCUT2D eigenvalue weighted by Crippen LogP contribution is 2.02. The maximum Gasteiger partial charge on any atom is 0.191 e. The second kappa shape index (κ2) is 9.73. The zero-order valence-corrected chi connectivity index (χ0v) is 11.9. The second-order valence-corrected chi connectivity index (χ2v) is 3.91. The Labute approximate surface area is 111 Å². The van der Waals surface area contributed by atoms with Crippen LogP contribution in [0.15, 0.2) is 34.3 Å². The van der Waals surface area contributed by atoms with Crippen LogP contribution in [0.4, 0.5) is 0 Å². The first-order valence-corrected chi connectivity index (χ1v) is 5.96. The van der Waals surface area contributed by atoms with Crippen molar-refractivity contribution in [1.29, 1.82) is 5.26 Å². The molecular formula is C13H16BrN3. The molecule has 0 aliphatic heterocycles. The minimum Gasteiger partial charge on any atom is -0.264 e. The van der Waals surface area contributed by atoms with E-state index < -0.39 is 0 Å². The number of nitriles is 1. The number of rotatable bonds is 1. The zero-order valence-electron chi connectivity index (χ0n) is 10.3. The van der Waals surface area contributed by atoms with Gasteiger partial charge in [0.1, 0.15) is 0 Å². The summed E-state index contributed by atoms with van der Waals surface area (Å²) in [7, 11) is 1.68. The molecule has 0 aliphatic rings. The van der Waals surface area contributed by atoms with Crippen molar-refractivity contribution in [3.05, 3.63) is 35.4 Å². The lowest BCUT2D eigenvalue weighted by molar-refractivity contribution is 1.25. The van der Waals surface area contributed by atoms with E-state index in [1.54, 1.807) is 13.3 Å². The van der Waals surface area contributed by atoms with Crippen LogP contribution in [0.5, 0.6) is 0 Å².